The second kappa shape index (κ2) is 10.9. The van der Waals surface area contributed by atoms with Gasteiger partial charge in [0.2, 0.25) is 6.23 Å². The van der Waals surface area contributed by atoms with Gasteiger partial charge in [0, 0.05) is 6.20 Å². The number of carbonyl (C=O) groups excluding carboxylic acids is 1. The summed E-state index contributed by atoms with van der Waals surface area (Å²) in [7, 11) is -4.43. The topological polar surface area (TPSA) is 101 Å². The minimum atomic E-state index is -3.52. The highest BCUT2D eigenvalue weighted by molar-refractivity contribution is 6.70. The van der Waals surface area contributed by atoms with Crippen molar-refractivity contribution in [2.75, 3.05) is 11.9 Å². The molecule has 1 N–H and O–H groups in total. The van der Waals surface area contributed by atoms with E-state index in [9.17, 15) is 9.59 Å². The quantitative estimate of drug-likeness (QED) is 0.463. The second-order valence-corrected chi connectivity index (χ2v) is 19.4. The molecule has 1 fully saturated rings. The van der Waals surface area contributed by atoms with Gasteiger partial charge in [-0.2, -0.15) is 13.8 Å². The highest BCUT2D eigenvalue weighted by Gasteiger charge is 2.61. The van der Waals surface area contributed by atoms with Crippen molar-refractivity contribution in [1.29, 1.82) is 0 Å². The Morgan fingerprint density at radius 2 is 1.78 bits per heavy atom. The van der Waals surface area contributed by atoms with Crippen LogP contribution in [-0.4, -0.2) is 57.0 Å². The SMILES string of the molecule is C[Si](C)(C)OC[C@H]1O[C@@H](n2ccc(NC(=O)OCc3ccccc3)nc2=O)C(F)(F)C1O[Si](C)(C)C. The van der Waals surface area contributed by atoms with E-state index in [-0.39, 0.29) is 19.0 Å². The minimum absolute atomic E-state index is 0.0191. The molecule has 1 aliphatic rings. The van der Waals surface area contributed by atoms with Gasteiger partial charge in [-0.05, 0) is 50.9 Å². The zero-order valence-electron chi connectivity index (χ0n) is 21.3. The first kappa shape index (κ1) is 28.1. The van der Waals surface area contributed by atoms with Crippen LogP contribution in [0.5, 0.6) is 0 Å². The number of carbonyl (C=O) groups is 1. The molecule has 1 unspecified atom stereocenters. The van der Waals surface area contributed by atoms with E-state index in [1.165, 1.54) is 6.07 Å². The van der Waals surface area contributed by atoms with Gasteiger partial charge < -0.3 is 18.3 Å². The third kappa shape index (κ3) is 7.52. The summed E-state index contributed by atoms with van der Waals surface area (Å²) >= 11 is 0. The summed E-state index contributed by atoms with van der Waals surface area (Å²) in [4.78, 5) is 28.5. The van der Waals surface area contributed by atoms with Gasteiger partial charge >= 0.3 is 17.7 Å². The molecule has 2 aromatic rings. The van der Waals surface area contributed by atoms with E-state index in [1.807, 2.05) is 25.7 Å². The van der Waals surface area contributed by atoms with Crippen molar-refractivity contribution >= 4 is 28.5 Å². The van der Waals surface area contributed by atoms with Crippen LogP contribution < -0.4 is 11.0 Å². The van der Waals surface area contributed by atoms with E-state index >= 15 is 8.78 Å². The average Bonchev–Trinajstić information content (AvgIpc) is 3.00. The molecule has 13 heteroatoms. The normalized spacial score (nSPS) is 21.8. The van der Waals surface area contributed by atoms with E-state index in [4.69, 9.17) is 18.3 Å². The molecule has 1 aromatic carbocycles. The van der Waals surface area contributed by atoms with Crippen LogP contribution in [0.3, 0.4) is 0 Å². The predicted molar refractivity (Wildman–Crippen MR) is 135 cm³/mol. The first-order valence-corrected chi connectivity index (χ1v) is 18.4. The molecule has 1 saturated heterocycles. The molecule has 1 amide bonds. The third-order valence-electron chi connectivity index (χ3n) is 5.04. The van der Waals surface area contributed by atoms with Gasteiger partial charge in [0.05, 0.1) is 6.61 Å². The summed E-state index contributed by atoms with van der Waals surface area (Å²) in [5.41, 5.74) is -0.238. The van der Waals surface area contributed by atoms with E-state index in [0.29, 0.717) is 4.57 Å². The highest BCUT2D eigenvalue weighted by Crippen LogP contribution is 2.45. The molecule has 0 aliphatic carbocycles. The van der Waals surface area contributed by atoms with Gasteiger partial charge in [0.25, 0.3) is 0 Å². The largest absolute Gasteiger partial charge is 0.444 e. The molecular weight excluding hydrogens is 508 g/mol. The lowest BCUT2D eigenvalue weighted by atomic mass is 10.1. The lowest BCUT2D eigenvalue weighted by Gasteiger charge is -2.31. The average molecular weight is 542 g/mol. The van der Waals surface area contributed by atoms with Crippen molar-refractivity contribution in [3.63, 3.8) is 0 Å². The van der Waals surface area contributed by atoms with Gasteiger partial charge in [0.15, 0.2) is 16.6 Å². The van der Waals surface area contributed by atoms with Crippen LogP contribution in [0.1, 0.15) is 11.8 Å². The smallest absolute Gasteiger partial charge is 0.413 e. The molecule has 1 aliphatic heterocycles. The zero-order chi connectivity index (χ0) is 26.7. The molecule has 3 rings (SSSR count). The van der Waals surface area contributed by atoms with Gasteiger partial charge in [0.1, 0.15) is 24.6 Å². The number of alkyl halides is 2. The molecule has 198 valence electrons. The van der Waals surface area contributed by atoms with Gasteiger partial charge in [-0.1, -0.05) is 30.3 Å². The van der Waals surface area contributed by atoms with Gasteiger partial charge in [-0.15, -0.1) is 0 Å². The van der Waals surface area contributed by atoms with Crippen molar-refractivity contribution in [1.82, 2.24) is 9.55 Å². The first-order valence-electron chi connectivity index (χ1n) is 11.6. The Hall–Kier alpha value is -2.46. The van der Waals surface area contributed by atoms with Crippen molar-refractivity contribution in [3.8, 4) is 0 Å². The molecular formula is C23H33F2N3O6Si2. The van der Waals surface area contributed by atoms with Crippen molar-refractivity contribution in [2.24, 2.45) is 0 Å². The minimum Gasteiger partial charge on any atom is -0.444 e. The molecule has 0 saturated carbocycles. The van der Waals surface area contributed by atoms with E-state index in [0.717, 1.165) is 11.8 Å². The fourth-order valence-electron chi connectivity index (χ4n) is 3.49. The number of benzene rings is 1. The van der Waals surface area contributed by atoms with Crippen LogP contribution in [0.2, 0.25) is 39.3 Å². The summed E-state index contributed by atoms with van der Waals surface area (Å²) < 4.78 is 54.2. The summed E-state index contributed by atoms with van der Waals surface area (Å²) in [5.74, 6) is -3.66. The van der Waals surface area contributed by atoms with Crippen LogP contribution in [0, 0.1) is 0 Å². The Kier molecular flexibility index (Phi) is 8.50. The molecule has 2 heterocycles. The van der Waals surface area contributed by atoms with Gasteiger partial charge in [-0.3, -0.25) is 9.88 Å². The van der Waals surface area contributed by atoms with E-state index < -0.39 is 52.8 Å². The molecule has 1 aromatic heterocycles. The molecule has 36 heavy (non-hydrogen) atoms. The standard InChI is InChI=1S/C23H33F2N3O6Si2/c1-35(2,3)32-15-17-19(34-36(4,5)6)23(24,25)20(33-17)28-13-12-18(26-21(28)29)27-22(30)31-14-16-10-8-7-9-11-16/h7-13,17,19-20H,14-15H2,1-6H3,(H,26,27,29,30)/t17-,19?,20-/m1/s1. The Morgan fingerprint density at radius 3 is 2.36 bits per heavy atom. The summed E-state index contributed by atoms with van der Waals surface area (Å²) in [6.45, 7) is 11.2. The van der Waals surface area contributed by atoms with Crippen LogP contribution in [-0.2, 0) is 24.9 Å². The van der Waals surface area contributed by atoms with E-state index in [1.54, 1.807) is 43.9 Å². The van der Waals surface area contributed by atoms with Crippen molar-refractivity contribution in [3.05, 3.63) is 58.6 Å². The maximum Gasteiger partial charge on any atom is 0.413 e. The van der Waals surface area contributed by atoms with Gasteiger partial charge in [-0.25, -0.2) is 9.59 Å². The Balaban J connectivity index is 1.75. The summed E-state index contributed by atoms with van der Waals surface area (Å²) in [6, 6.07) is 10.2. The lowest BCUT2D eigenvalue weighted by molar-refractivity contribution is -0.137. The number of aromatic nitrogens is 2. The fraction of sp³-hybridized carbons (Fsp3) is 0.522. The monoisotopic (exact) mass is 541 g/mol. The number of hydrogen-bond acceptors (Lipinski definition) is 7. The maximum atomic E-state index is 15.6. The molecule has 3 atom stereocenters. The van der Waals surface area contributed by atoms with Crippen LogP contribution in [0.25, 0.3) is 0 Å². The number of rotatable bonds is 9. The number of halogens is 2. The number of nitrogens with one attached hydrogen (secondary N) is 1. The van der Waals surface area contributed by atoms with Crippen LogP contribution >= 0.6 is 0 Å². The molecule has 9 nitrogen and oxygen atoms in total. The molecule has 0 radical (unpaired) electrons. The highest BCUT2D eigenvalue weighted by atomic mass is 28.4. The van der Waals surface area contributed by atoms with Crippen LogP contribution in [0.4, 0.5) is 19.4 Å². The first-order chi connectivity index (χ1) is 16.7. The Bertz CT molecular complexity index is 1110. The lowest BCUT2D eigenvalue weighted by Crippen LogP contribution is -2.49. The number of ether oxygens (including phenoxy) is 2. The number of anilines is 1. The maximum absolute atomic E-state index is 15.6. The Morgan fingerprint density at radius 1 is 1.11 bits per heavy atom. The zero-order valence-corrected chi connectivity index (χ0v) is 23.3. The summed E-state index contributed by atoms with van der Waals surface area (Å²) in [6.07, 6.45) is -4.32. The molecule has 0 bridgehead atoms. The Labute approximate surface area is 211 Å². The fourth-order valence-corrected chi connectivity index (χ4v) is 5.22. The van der Waals surface area contributed by atoms with E-state index in [2.05, 4.69) is 10.3 Å². The molecule has 0 spiro atoms. The third-order valence-corrected chi connectivity index (χ3v) is 7.03. The number of amides is 1. The van der Waals surface area contributed by atoms with Crippen LogP contribution in [0.15, 0.2) is 47.4 Å². The van der Waals surface area contributed by atoms with Crippen molar-refractivity contribution in [2.45, 2.75) is 70.2 Å². The summed E-state index contributed by atoms with van der Waals surface area (Å²) in [5, 5.41) is 2.33. The van der Waals surface area contributed by atoms with Crippen molar-refractivity contribution < 1.29 is 31.9 Å². The number of hydrogen-bond donors (Lipinski definition) is 1. The second-order valence-electron chi connectivity index (χ2n) is 10.5. The number of nitrogens with zero attached hydrogens (tertiary/aromatic N) is 2. The predicted octanol–water partition coefficient (Wildman–Crippen LogP) is 4.60.